The first-order chi connectivity index (χ1) is 9.78. The van der Waals surface area contributed by atoms with Gasteiger partial charge in [-0.05, 0) is 50.0 Å². The molecule has 0 radical (unpaired) electrons. The van der Waals surface area contributed by atoms with E-state index in [1.165, 1.54) is 31.2 Å². The third kappa shape index (κ3) is 4.97. The standard InChI is InChI=1S/C17H26N2O/c1-2-15-7-9-16(10-8-15)18-17(20)11-14-19-12-5-3-4-6-13-19/h7-10H,2-6,11-14H2,1H3,(H,18,20). The van der Waals surface area contributed by atoms with Gasteiger partial charge in [-0.15, -0.1) is 0 Å². The molecule has 0 aromatic heterocycles. The SMILES string of the molecule is CCc1ccc(NC(=O)CCN2CCCCCC2)cc1. The molecule has 0 bridgehead atoms. The second-order valence-corrected chi connectivity index (χ2v) is 5.60. The first kappa shape index (κ1) is 15.0. The van der Waals surface area contributed by atoms with Crippen LogP contribution in [0.2, 0.25) is 0 Å². The fourth-order valence-corrected chi connectivity index (χ4v) is 2.67. The van der Waals surface area contributed by atoms with Crippen LogP contribution in [0.4, 0.5) is 5.69 Å². The number of amides is 1. The van der Waals surface area contributed by atoms with E-state index in [-0.39, 0.29) is 5.91 Å². The Balaban J connectivity index is 1.73. The summed E-state index contributed by atoms with van der Waals surface area (Å²) in [6, 6.07) is 8.13. The first-order valence-corrected chi connectivity index (χ1v) is 7.89. The van der Waals surface area contributed by atoms with Gasteiger partial charge in [0.15, 0.2) is 0 Å². The van der Waals surface area contributed by atoms with Gasteiger partial charge in [0.2, 0.25) is 5.91 Å². The normalized spacial score (nSPS) is 16.6. The highest BCUT2D eigenvalue weighted by atomic mass is 16.1. The molecule has 0 aliphatic carbocycles. The van der Waals surface area contributed by atoms with E-state index >= 15 is 0 Å². The fraction of sp³-hybridized carbons (Fsp3) is 0.588. The van der Waals surface area contributed by atoms with Crippen molar-refractivity contribution in [2.45, 2.75) is 45.4 Å². The lowest BCUT2D eigenvalue weighted by molar-refractivity contribution is -0.116. The molecule has 1 N–H and O–H groups in total. The molecule has 0 saturated carbocycles. The van der Waals surface area contributed by atoms with Crippen LogP contribution in [0.1, 0.15) is 44.6 Å². The van der Waals surface area contributed by atoms with Crippen LogP contribution in [0.25, 0.3) is 0 Å². The molecule has 1 aliphatic heterocycles. The van der Waals surface area contributed by atoms with Gasteiger partial charge >= 0.3 is 0 Å². The number of rotatable bonds is 5. The molecule has 3 heteroatoms. The largest absolute Gasteiger partial charge is 0.326 e. The van der Waals surface area contributed by atoms with E-state index < -0.39 is 0 Å². The number of nitrogens with zero attached hydrogens (tertiary/aromatic N) is 1. The van der Waals surface area contributed by atoms with Crippen molar-refractivity contribution in [1.29, 1.82) is 0 Å². The van der Waals surface area contributed by atoms with Gasteiger partial charge in [-0.25, -0.2) is 0 Å². The monoisotopic (exact) mass is 274 g/mol. The smallest absolute Gasteiger partial charge is 0.225 e. The van der Waals surface area contributed by atoms with E-state index in [1.54, 1.807) is 0 Å². The summed E-state index contributed by atoms with van der Waals surface area (Å²) in [7, 11) is 0. The van der Waals surface area contributed by atoms with Crippen LogP contribution in [-0.4, -0.2) is 30.4 Å². The second-order valence-electron chi connectivity index (χ2n) is 5.60. The summed E-state index contributed by atoms with van der Waals surface area (Å²) in [6.45, 7) is 5.32. The molecule has 0 spiro atoms. The van der Waals surface area contributed by atoms with Gasteiger partial charge in [-0.2, -0.15) is 0 Å². The molecular formula is C17H26N2O. The zero-order valence-electron chi connectivity index (χ0n) is 12.5. The van der Waals surface area contributed by atoms with Crippen molar-refractivity contribution in [2.24, 2.45) is 0 Å². The van der Waals surface area contributed by atoms with Crippen molar-refractivity contribution in [2.75, 3.05) is 25.0 Å². The molecule has 2 rings (SSSR count). The van der Waals surface area contributed by atoms with Crippen LogP contribution in [0.3, 0.4) is 0 Å². The minimum atomic E-state index is 0.124. The van der Waals surface area contributed by atoms with E-state index in [0.29, 0.717) is 6.42 Å². The van der Waals surface area contributed by atoms with Gasteiger partial charge in [0, 0.05) is 18.7 Å². The van der Waals surface area contributed by atoms with Gasteiger partial charge in [0.25, 0.3) is 0 Å². The molecule has 1 heterocycles. The third-order valence-corrected chi connectivity index (χ3v) is 4.00. The van der Waals surface area contributed by atoms with Gasteiger partial charge in [-0.1, -0.05) is 31.9 Å². The Bertz CT molecular complexity index is 406. The Labute approximate surface area is 122 Å². The van der Waals surface area contributed by atoms with E-state index in [1.807, 2.05) is 12.1 Å². The van der Waals surface area contributed by atoms with Crippen molar-refractivity contribution >= 4 is 11.6 Å². The average molecular weight is 274 g/mol. The molecule has 20 heavy (non-hydrogen) atoms. The van der Waals surface area contributed by atoms with Crippen LogP contribution in [0.15, 0.2) is 24.3 Å². The number of benzene rings is 1. The second kappa shape index (κ2) is 8.05. The maximum atomic E-state index is 12.0. The number of hydrogen-bond acceptors (Lipinski definition) is 2. The molecule has 3 nitrogen and oxygen atoms in total. The number of nitrogens with one attached hydrogen (secondary N) is 1. The Hall–Kier alpha value is -1.35. The predicted octanol–water partition coefficient (Wildman–Crippen LogP) is 3.45. The van der Waals surface area contributed by atoms with Crippen molar-refractivity contribution in [3.8, 4) is 0 Å². The highest BCUT2D eigenvalue weighted by molar-refractivity contribution is 5.90. The van der Waals surface area contributed by atoms with Crippen molar-refractivity contribution < 1.29 is 4.79 Å². The zero-order chi connectivity index (χ0) is 14.2. The molecule has 1 aliphatic rings. The maximum Gasteiger partial charge on any atom is 0.225 e. The molecular weight excluding hydrogens is 248 g/mol. The molecule has 1 aromatic rings. The van der Waals surface area contributed by atoms with Gasteiger partial charge < -0.3 is 10.2 Å². The average Bonchev–Trinajstić information content (AvgIpc) is 2.74. The summed E-state index contributed by atoms with van der Waals surface area (Å²) in [5.41, 5.74) is 2.20. The Morgan fingerprint density at radius 3 is 2.35 bits per heavy atom. The number of hydrogen-bond donors (Lipinski definition) is 1. The molecule has 0 unspecified atom stereocenters. The maximum absolute atomic E-state index is 12.0. The van der Waals surface area contributed by atoms with Gasteiger partial charge in [-0.3, -0.25) is 4.79 Å². The van der Waals surface area contributed by atoms with E-state index in [2.05, 4.69) is 29.3 Å². The van der Waals surface area contributed by atoms with Crippen molar-refractivity contribution in [3.63, 3.8) is 0 Å². The summed E-state index contributed by atoms with van der Waals surface area (Å²) in [4.78, 5) is 14.4. The number of anilines is 1. The van der Waals surface area contributed by atoms with Crippen molar-refractivity contribution in [3.05, 3.63) is 29.8 Å². The molecule has 1 saturated heterocycles. The number of likely N-dealkylation sites (tertiary alicyclic amines) is 1. The minimum Gasteiger partial charge on any atom is -0.326 e. The highest BCUT2D eigenvalue weighted by Gasteiger charge is 2.10. The predicted molar refractivity (Wildman–Crippen MR) is 84.0 cm³/mol. The van der Waals surface area contributed by atoms with Crippen LogP contribution in [0.5, 0.6) is 0 Å². The first-order valence-electron chi connectivity index (χ1n) is 7.89. The Morgan fingerprint density at radius 1 is 1.10 bits per heavy atom. The summed E-state index contributed by atoms with van der Waals surface area (Å²) in [6.07, 6.45) is 6.86. The lowest BCUT2D eigenvalue weighted by Crippen LogP contribution is -2.28. The topological polar surface area (TPSA) is 32.3 Å². The van der Waals surface area contributed by atoms with E-state index in [9.17, 15) is 4.79 Å². The van der Waals surface area contributed by atoms with Crippen LogP contribution < -0.4 is 5.32 Å². The molecule has 0 atom stereocenters. The van der Waals surface area contributed by atoms with Crippen LogP contribution in [-0.2, 0) is 11.2 Å². The van der Waals surface area contributed by atoms with Gasteiger partial charge in [0.05, 0.1) is 0 Å². The summed E-state index contributed by atoms with van der Waals surface area (Å²) in [5, 5.41) is 2.98. The molecule has 1 fully saturated rings. The summed E-state index contributed by atoms with van der Waals surface area (Å²) < 4.78 is 0. The van der Waals surface area contributed by atoms with Gasteiger partial charge in [0.1, 0.15) is 0 Å². The molecule has 110 valence electrons. The van der Waals surface area contributed by atoms with E-state index in [0.717, 1.165) is 31.7 Å². The fourth-order valence-electron chi connectivity index (χ4n) is 2.67. The Kier molecular flexibility index (Phi) is 6.06. The van der Waals surface area contributed by atoms with E-state index in [4.69, 9.17) is 0 Å². The zero-order valence-corrected chi connectivity index (χ0v) is 12.5. The lowest BCUT2D eigenvalue weighted by Gasteiger charge is -2.19. The lowest BCUT2D eigenvalue weighted by atomic mass is 10.1. The van der Waals surface area contributed by atoms with Crippen molar-refractivity contribution in [1.82, 2.24) is 4.90 Å². The van der Waals surface area contributed by atoms with Crippen LogP contribution in [0, 0.1) is 0 Å². The van der Waals surface area contributed by atoms with Crippen LogP contribution >= 0.6 is 0 Å². The molecule has 1 amide bonds. The minimum absolute atomic E-state index is 0.124. The highest BCUT2D eigenvalue weighted by Crippen LogP contribution is 2.12. The third-order valence-electron chi connectivity index (χ3n) is 4.00. The number of aryl methyl sites for hydroxylation is 1. The summed E-state index contributed by atoms with van der Waals surface area (Å²) in [5.74, 6) is 0.124. The number of carbonyl (C=O) groups is 1. The number of carbonyl (C=O) groups excluding carboxylic acids is 1. The Morgan fingerprint density at radius 2 is 1.75 bits per heavy atom. The molecule has 1 aromatic carbocycles. The quantitative estimate of drug-likeness (QED) is 0.892. The summed E-state index contributed by atoms with van der Waals surface area (Å²) >= 11 is 0.